The van der Waals surface area contributed by atoms with Crippen molar-refractivity contribution in [3.05, 3.63) is 12.4 Å². The van der Waals surface area contributed by atoms with E-state index in [1.807, 2.05) is 17.7 Å². The Morgan fingerprint density at radius 3 is 2.94 bits per heavy atom. The Hall–Kier alpha value is -1.52. The quantitative estimate of drug-likeness (QED) is 0.832. The zero-order valence-electron chi connectivity index (χ0n) is 9.63. The number of nitrogens with zero attached hydrogens (tertiary/aromatic N) is 3. The van der Waals surface area contributed by atoms with Gasteiger partial charge in [-0.1, -0.05) is 6.92 Å². The van der Waals surface area contributed by atoms with E-state index in [0.29, 0.717) is 6.54 Å². The molecule has 2 rings (SSSR count). The zero-order chi connectivity index (χ0) is 11.7. The summed E-state index contributed by atoms with van der Waals surface area (Å²) in [6.45, 7) is 6.23. The molecule has 5 heteroatoms. The normalized spacial score (nSPS) is 25.0. The van der Waals surface area contributed by atoms with Gasteiger partial charge >= 0.3 is 5.97 Å². The summed E-state index contributed by atoms with van der Waals surface area (Å²) in [6.07, 6.45) is 3.69. The number of aryl methyl sites for hydroxylation is 1. The van der Waals surface area contributed by atoms with Crippen LogP contribution in [0.3, 0.4) is 0 Å². The van der Waals surface area contributed by atoms with Crippen molar-refractivity contribution in [2.24, 2.45) is 11.8 Å². The molecule has 1 aromatic heterocycles. The molecule has 0 aliphatic carbocycles. The maximum atomic E-state index is 11.0. The third-order valence-corrected chi connectivity index (χ3v) is 3.25. The molecule has 16 heavy (non-hydrogen) atoms. The first-order chi connectivity index (χ1) is 7.63. The highest BCUT2D eigenvalue weighted by molar-refractivity contribution is 5.72. The van der Waals surface area contributed by atoms with Crippen LogP contribution < -0.4 is 4.90 Å². The van der Waals surface area contributed by atoms with Gasteiger partial charge in [0.15, 0.2) is 0 Å². The van der Waals surface area contributed by atoms with Crippen molar-refractivity contribution in [3.63, 3.8) is 0 Å². The lowest BCUT2D eigenvalue weighted by Crippen LogP contribution is -2.25. The van der Waals surface area contributed by atoms with E-state index in [0.717, 1.165) is 19.0 Å². The molecule has 0 aromatic carbocycles. The predicted octanol–water partition coefficient (Wildman–Crippen LogP) is 1.06. The molecule has 0 radical (unpaired) electrons. The van der Waals surface area contributed by atoms with Crippen LogP contribution in [0.25, 0.3) is 0 Å². The molecule has 1 fully saturated rings. The van der Waals surface area contributed by atoms with Crippen molar-refractivity contribution in [2.45, 2.75) is 20.4 Å². The van der Waals surface area contributed by atoms with Gasteiger partial charge in [-0.3, -0.25) is 4.79 Å². The number of hydrogen-bond acceptors (Lipinski definition) is 3. The molecule has 0 amide bonds. The number of carboxylic acids is 1. The molecule has 2 atom stereocenters. The number of carbonyl (C=O) groups is 1. The number of rotatable bonds is 3. The maximum Gasteiger partial charge on any atom is 0.308 e. The largest absolute Gasteiger partial charge is 0.481 e. The smallest absolute Gasteiger partial charge is 0.308 e. The van der Waals surface area contributed by atoms with Gasteiger partial charge in [-0.05, 0) is 12.8 Å². The fourth-order valence-corrected chi connectivity index (χ4v) is 2.28. The Balaban J connectivity index is 2.16. The van der Waals surface area contributed by atoms with Gasteiger partial charge in [0.25, 0.3) is 0 Å². The number of hydrogen-bond donors (Lipinski definition) is 1. The van der Waals surface area contributed by atoms with Crippen molar-refractivity contribution in [1.82, 2.24) is 9.55 Å². The summed E-state index contributed by atoms with van der Waals surface area (Å²) >= 11 is 0. The Kier molecular flexibility index (Phi) is 2.85. The molecule has 2 unspecified atom stereocenters. The second-order valence-electron chi connectivity index (χ2n) is 4.34. The maximum absolute atomic E-state index is 11.0. The van der Waals surface area contributed by atoms with Gasteiger partial charge in [-0.25, -0.2) is 4.98 Å². The van der Waals surface area contributed by atoms with Crippen molar-refractivity contribution in [1.29, 1.82) is 0 Å². The SMILES string of the molecule is CCn1ccnc1N1CC(C)C(C(=O)O)C1. The summed E-state index contributed by atoms with van der Waals surface area (Å²) in [6, 6.07) is 0. The first-order valence-corrected chi connectivity index (χ1v) is 5.62. The molecule has 1 N–H and O–H groups in total. The van der Waals surface area contributed by atoms with Crippen LogP contribution >= 0.6 is 0 Å². The van der Waals surface area contributed by atoms with E-state index in [4.69, 9.17) is 5.11 Å². The van der Waals surface area contributed by atoms with Crippen molar-refractivity contribution in [3.8, 4) is 0 Å². The van der Waals surface area contributed by atoms with Crippen LogP contribution in [0.15, 0.2) is 12.4 Å². The molecular formula is C11H17N3O2. The molecule has 0 spiro atoms. The number of aliphatic carboxylic acids is 1. The average molecular weight is 223 g/mol. The number of anilines is 1. The van der Waals surface area contributed by atoms with Crippen molar-refractivity contribution >= 4 is 11.9 Å². The van der Waals surface area contributed by atoms with E-state index < -0.39 is 5.97 Å². The lowest BCUT2D eigenvalue weighted by molar-refractivity contribution is -0.142. The highest BCUT2D eigenvalue weighted by Gasteiger charge is 2.36. The Labute approximate surface area is 94.7 Å². The summed E-state index contributed by atoms with van der Waals surface area (Å²) in [5.41, 5.74) is 0. The lowest BCUT2D eigenvalue weighted by atomic mass is 9.99. The molecule has 0 saturated carbocycles. The van der Waals surface area contributed by atoms with Crippen molar-refractivity contribution < 1.29 is 9.90 Å². The van der Waals surface area contributed by atoms with Crippen LogP contribution in [0, 0.1) is 11.8 Å². The van der Waals surface area contributed by atoms with E-state index in [-0.39, 0.29) is 11.8 Å². The minimum atomic E-state index is -0.704. The molecular weight excluding hydrogens is 206 g/mol. The highest BCUT2D eigenvalue weighted by atomic mass is 16.4. The van der Waals surface area contributed by atoms with E-state index >= 15 is 0 Å². The fraction of sp³-hybridized carbons (Fsp3) is 0.636. The minimum Gasteiger partial charge on any atom is -0.481 e. The first kappa shape index (κ1) is 11.0. The van der Waals surface area contributed by atoms with Crippen molar-refractivity contribution in [2.75, 3.05) is 18.0 Å². The average Bonchev–Trinajstić information content (AvgIpc) is 2.82. The van der Waals surface area contributed by atoms with Crippen LogP contribution in [-0.2, 0) is 11.3 Å². The second-order valence-corrected chi connectivity index (χ2v) is 4.34. The first-order valence-electron chi connectivity index (χ1n) is 5.62. The van der Waals surface area contributed by atoms with Crippen LogP contribution in [-0.4, -0.2) is 33.7 Å². The summed E-state index contributed by atoms with van der Waals surface area (Å²) in [5.74, 6) is 0.0872. The van der Waals surface area contributed by atoms with E-state index in [2.05, 4.69) is 16.8 Å². The molecule has 1 aromatic rings. The topological polar surface area (TPSA) is 58.4 Å². The Morgan fingerprint density at radius 1 is 1.62 bits per heavy atom. The monoisotopic (exact) mass is 223 g/mol. The Morgan fingerprint density at radius 2 is 2.38 bits per heavy atom. The van der Waals surface area contributed by atoms with Gasteiger partial charge in [0.05, 0.1) is 5.92 Å². The predicted molar refractivity (Wildman–Crippen MR) is 60.4 cm³/mol. The summed E-state index contributed by atoms with van der Waals surface area (Å²) in [4.78, 5) is 17.4. The van der Waals surface area contributed by atoms with E-state index in [9.17, 15) is 4.79 Å². The molecule has 0 bridgehead atoms. The minimum absolute atomic E-state index is 0.180. The molecule has 1 aliphatic rings. The van der Waals surface area contributed by atoms with Gasteiger partial charge in [0.2, 0.25) is 5.95 Å². The van der Waals surface area contributed by atoms with Crippen LogP contribution in [0.1, 0.15) is 13.8 Å². The Bertz CT molecular complexity index is 388. The van der Waals surface area contributed by atoms with Crippen LogP contribution in [0.5, 0.6) is 0 Å². The van der Waals surface area contributed by atoms with E-state index in [1.54, 1.807) is 6.20 Å². The molecule has 5 nitrogen and oxygen atoms in total. The van der Waals surface area contributed by atoms with Gasteiger partial charge in [-0.2, -0.15) is 0 Å². The second kappa shape index (κ2) is 4.15. The number of aromatic nitrogens is 2. The summed E-state index contributed by atoms with van der Waals surface area (Å²) in [5, 5.41) is 9.07. The van der Waals surface area contributed by atoms with Gasteiger partial charge in [-0.15, -0.1) is 0 Å². The molecule has 1 aliphatic heterocycles. The number of imidazole rings is 1. The molecule has 2 heterocycles. The third-order valence-electron chi connectivity index (χ3n) is 3.25. The van der Waals surface area contributed by atoms with Gasteiger partial charge in [0, 0.05) is 32.0 Å². The summed E-state index contributed by atoms with van der Waals surface area (Å²) in [7, 11) is 0. The molecule has 1 saturated heterocycles. The van der Waals surface area contributed by atoms with E-state index in [1.165, 1.54) is 0 Å². The third kappa shape index (κ3) is 1.77. The standard InChI is InChI=1S/C11H17N3O2/c1-3-13-5-4-12-11(13)14-6-8(2)9(7-14)10(15)16/h4-5,8-9H,3,6-7H2,1-2H3,(H,15,16). The number of carboxylic acid groups (broad SMARTS) is 1. The van der Waals surface area contributed by atoms with Crippen LogP contribution in [0.4, 0.5) is 5.95 Å². The fourth-order valence-electron chi connectivity index (χ4n) is 2.28. The van der Waals surface area contributed by atoms with Gasteiger partial charge in [0.1, 0.15) is 0 Å². The zero-order valence-corrected chi connectivity index (χ0v) is 9.63. The van der Waals surface area contributed by atoms with Crippen LogP contribution in [0.2, 0.25) is 0 Å². The highest BCUT2D eigenvalue weighted by Crippen LogP contribution is 2.27. The lowest BCUT2D eigenvalue weighted by Gasteiger charge is -2.17. The van der Waals surface area contributed by atoms with Gasteiger partial charge < -0.3 is 14.6 Å². The molecule has 88 valence electrons. The summed E-state index contributed by atoms with van der Waals surface area (Å²) < 4.78 is 2.04.